The number of hydrogen-bond donors (Lipinski definition) is 0. The Bertz CT molecular complexity index is 674. The second-order valence-electron chi connectivity index (χ2n) is 5.48. The summed E-state index contributed by atoms with van der Waals surface area (Å²) >= 11 is 0. The van der Waals surface area contributed by atoms with Crippen molar-refractivity contribution in [2.45, 2.75) is 26.3 Å². The monoisotopic (exact) mass is 278 g/mol. The van der Waals surface area contributed by atoms with Gasteiger partial charge >= 0.3 is 0 Å². The van der Waals surface area contributed by atoms with Crippen molar-refractivity contribution in [3.05, 3.63) is 71.3 Å². The lowest BCUT2D eigenvalue weighted by atomic mass is 10.0. The molecule has 106 valence electrons. The maximum Gasteiger partial charge on any atom is 0.274 e. The number of hydrogen-bond acceptors (Lipinski definition) is 2. The van der Waals surface area contributed by atoms with Crippen LogP contribution in [0.5, 0.6) is 0 Å². The quantitative estimate of drug-likeness (QED) is 0.818. The third-order valence-electron chi connectivity index (χ3n) is 3.75. The zero-order chi connectivity index (χ0) is 14.8. The summed E-state index contributed by atoms with van der Waals surface area (Å²) in [6.07, 6.45) is 0.793. The van der Waals surface area contributed by atoms with E-state index in [0.717, 1.165) is 17.7 Å². The van der Waals surface area contributed by atoms with Gasteiger partial charge in [-0.15, -0.1) is 0 Å². The van der Waals surface area contributed by atoms with Gasteiger partial charge in [0, 0.05) is 17.7 Å². The van der Waals surface area contributed by atoms with E-state index in [1.165, 1.54) is 5.56 Å². The van der Waals surface area contributed by atoms with Crippen molar-refractivity contribution in [3.8, 4) is 0 Å². The molecule has 2 aromatic carbocycles. The van der Waals surface area contributed by atoms with E-state index < -0.39 is 0 Å². The molecule has 3 rings (SSSR count). The van der Waals surface area contributed by atoms with E-state index in [-0.39, 0.29) is 11.9 Å². The summed E-state index contributed by atoms with van der Waals surface area (Å²) < 4.78 is 0. The summed E-state index contributed by atoms with van der Waals surface area (Å²) in [5.41, 5.74) is 4.01. The lowest BCUT2D eigenvalue weighted by Gasteiger charge is -2.22. The topological polar surface area (TPSA) is 32.7 Å². The number of aryl methyl sites for hydroxylation is 1. The van der Waals surface area contributed by atoms with Gasteiger partial charge in [-0.1, -0.05) is 48.0 Å². The largest absolute Gasteiger partial charge is 0.274 e. The Kier molecular flexibility index (Phi) is 3.57. The Morgan fingerprint density at radius 1 is 1.05 bits per heavy atom. The van der Waals surface area contributed by atoms with Gasteiger partial charge in [-0.25, -0.2) is 5.01 Å². The molecular weight excluding hydrogens is 260 g/mol. The molecule has 1 amide bonds. The lowest BCUT2D eigenvalue weighted by Crippen LogP contribution is -2.27. The first-order chi connectivity index (χ1) is 10.1. The fourth-order valence-corrected chi connectivity index (χ4v) is 2.61. The molecule has 0 fully saturated rings. The normalized spacial score (nSPS) is 17.7. The number of amides is 1. The van der Waals surface area contributed by atoms with Gasteiger partial charge in [0.2, 0.25) is 0 Å². The molecule has 0 spiro atoms. The van der Waals surface area contributed by atoms with Gasteiger partial charge in [-0.05, 0) is 31.5 Å². The van der Waals surface area contributed by atoms with Crippen LogP contribution in [0.4, 0.5) is 0 Å². The number of benzene rings is 2. The van der Waals surface area contributed by atoms with Crippen LogP contribution in [0.15, 0.2) is 59.7 Å². The molecule has 0 saturated heterocycles. The molecule has 0 aromatic heterocycles. The average molecular weight is 278 g/mol. The maximum absolute atomic E-state index is 12.7. The van der Waals surface area contributed by atoms with E-state index in [1.807, 2.05) is 37.3 Å². The molecule has 1 aliphatic rings. The number of hydrazone groups is 1. The van der Waals surface area contributed by atoms with Gasteiger partial charge < -0.3 is 0 Å². The Morgan fingerprint density at radius 2 is 1.71 bits per heavy atom. The molecule has 0 N–H and O–H groups in total. The lowest BCUT2D eigenvalue weighted by molar-refractivity contribution is 0.0711. The Balaban J connectivity index is 1.92. The van der Waals surface area contributed by atoms with Gasteiger partial charge in [-0.3, -0.25) is 4.79 Å². The number of carbonyl (C=O) groups is 1. The van der Waals surface area contributed by atoms with Crippen LogP contribution in [-0.2, 0) is 0 Å². The summed E-state index contributed by atoms with van der Waals surface area (Å²) in [4.78, 5) is 12.7. The summed E-state index contributed by atoms with van der Waals surface area (Å²) in [5, 5.41) is 6.07. The second kappa shape index (κ2) is 5.52. The first-order valence-corrected chi connectivity index (χ1v) is 7.14. The summed E-state index contributed by atoms with van der Waals surface area (Å²) in [5.74, 6) is -0.0435. The van der Waals surface area contributed by atoms with Crippen molar-refractivity contribution in [3.63, 3.8) is 0 Å². The van der Waals surface area contributed by atoms with E-state index in [1.54, 1.807) is 5.01 Å². The SMILES string of the molecule is CC1=NN(C(=O)c2ccccc2)C(c2ccc(C)cc2)C1. The van der Waals surface area contributed by atoms with E-state index in [9.17, 15) is 4.79 Å². The zero-order valence-corrected chi connectivity index (χ0v) is 12.3. The van der Waals surface area contributed by atoms with Gasteiger partial charge in [0.05, 0.1) is 6.04 Å². The standard InChI is InChI=1S/C18H18N2O/c1-13-8-10-15(11-9-13)17-12-14(2)19-20(17)18(21)16-6-4-3-5-7-16/h3-11,17H,12H2,1-2H3. The molecule has 0 aliphatic carbocycles. The molecule has 0 saturated carbocycles. The van der Waals surface area contributed by atoms with Gasteiger partial charge in [-0.2, -0.15) is 5.10 Å². The summed E-state index contributed by atoms with van der Waals surface area (Å²) in [6.45, 7) is 4.03. The Morgan fingerprint density at radius 3 is 2.38 bits per heavy atom. The zero-order valence-electron chi connectivity index (χ0n) is 12.3. The number of rotatable bonds is 2. The average Bonchev–Trinajstić information content (AvgIpc) is 2.90. The predicted octanol–water partition coefficient (Wildman–Crippen LogP) is 3.96. The molecule has 1 aliphatic heterocycles. The van der Waals surface area contributed by atoms with Crippen molar-refractivity contribution in [2.75, 3.05) is 0 Å². The second-order valence-corrected chi connectivity index (χ2v) is 5.48. The number of nitrogens with zero attached hydrogens (tertiary/aromatic N) is 2. The van der Waals surface area contributed by atoms with Crippen LogP contribution in [0.3, 0.4) is 0 Å². The molecule has 0 bridgehead atoms. The Labute approximate surface area is 124 Å². The molecular formula is C18H18N2O. The van der Waals surface area contributed by atoms with Crippen LogP contribution in [0.2, 0.25) is 0 Å². The van der Waals surface area contributed by atoms with Crippen LogP contribution in [-0.4, -0.2) is 16.6 Å². The fraction of sp³-hybridized carbons (Fsp3) is 0.222. The minimum atomic E-state index is -0.0435. The molecule has 3 heteroatoms. The number of carbonyl (C=O) groups excluding carboxylic acids is 1. The fourth-order valence-electron chi connectivity index (χ4n) is 2.61. The van der Waals surface area contributed by atoms with Crippen molar-refractivity contribution in [1.82, 2.24) is 5.01 Å². The van der Waals surface area contributed by atoms with E-state index in [2.05, 4.69) is 36.3 Å². The van der Waals surface area contributed by atoms with Crippen LogP contribution < -0.4 is 0 Å². The molecule has 0 radical (unpaired) electrons. The first kappa shape index (κ1) is 13.6. The van der Waals surface area contributed by atoms with Gasteiger partial charge in [0.25, 0.3) is 5.91 Å². The maximum atomic E-state index is 12.7. The summed E-state index contributed by atoms with van der Waals surface area (Å²) in [6, 6.07) is 17.6. The summed E-state index contributed by atoms with van der Waals surface area (Å²) in [7, 11) is 0. The highest BCUT2D eigenvalue weighted by Gasteiger charge is 2.31. The van der Waals surface area contributed by atoms with E-state index in [4.69, 9.17) is 0 Å². The minimum Gasteiger partial charge on any atom is -0.267 e. The molecule has 3 nitrogen and oxygen atoms in total. The highest BCUT2D eigenvalue weighted by molar-refractivity contribution is 5.97. The van der Waals surface area contributed by atoms with Crippen LogP contribution in [0.25, 0.3) is 0 Å². The van der Waals surface area contributed by atoms with Crippen LogP contribution >= 0.6 is 0 Å². The molecule has 21 heavy (non-hydrogen) atoms. The van der Waals surface area contributed by atoms with Crippen molar-refractivity contribution >= 4 is 11.6 Å². The van der Waals surface area contributed by atoms with Crippen molar-refractivity contribution in [2.24, 2.45) is 5.10 Å². The molecule has 1 unspecified atom stereocenters. The highest BCUT2D eigenvalue weighted by Crippen LogP contribution is 2.32. The van der Waals surface area contributed by atoms with Crippen LogP contribution in [0, 0.1) is 6.92 Å². The third-order valence-corrected chi connectivity index (χ3v) is 3.75. The first-order valence-electron chi connectivity index (χ1n) is 7.14. The van der Waals surface area contributed by atoms with E-state index >= 15 is 0 Å². The van der Waals surface area contributed by atoms with Crippen LogP contribution in [0.1, 0.15) is 40.9 Å². The van der Waals surface area contributed by atoms with E-state index in [0.29, 0.717) is 5.56 Å². The smallest absolute Gasteiger partial charge is 0.267 e. The minimum absolute atomic E-state index is 0.00157. The predicted molar refractivity (Wildman–Crippen MR) is 84.3 cm³/mol. The molecule has 1 heterocycles. The highest BCUT2D eigenvalue weighted by atomic mass is 16.2. The van der Waals surface area contributed by atoms with Crippen molar-refractivity contribution in [1.29, 1.82) is 0 Å². The molecule has 2 aromatic rings. The molecule has 1 atom stereocenters. The van der Waals surface area contributed by atoms with Gasteiger partial charge in [0.15, 0.2) is 0 Å². The van der Waals surface area contributed by atoms with Gasteiger partial charge in [0.1, 0.15) is 0 Å². The third kappa shape index (κ3) is 2.72. The van der Waals surface area contributed by atoms with Crippen molar-refractivity contribution < 1.29 is 4.79 Å². The Hall–Kier alpha value is -2.42.